The van der Waals surface area contributed by atoms with Gasteiger partial charge >= 0.3 is 5.97 Å². The normalized spacial score (nSPS) is 14.1. The quantitative estimate of drug-likeness (QED) is 0.514. The molecule has 0 spiro atoms. The second-order valence-corrected chi connectivity index (χ2v) is 8.07. The number of carbonyl (C=O) groups excluding carboxylic acids is 1. The van der Waals surface area contributed by atoms with Crippen molar-refractivity contribution in [3.8, 4) is 0 Å². The number of carbonyl (C=O) groups is 1. The Morgan fingerprint density at radius 2 is 2.00 bits per heavy atom. The lowest BCUT2D eigenvalue weighted by Crippen LogP contribution is -2.40. The molecule has 0 aliphatic carbocycles. The summed E-state index contributed by atoms with van der Waals surface area (Å²) in [6.45, 7) is 6.37. The first-order chi connectivity index (χ1) is 5.37. The second kappa shape index (κ2) is 4.59. The highest BCUT2D eigenvalue weighted by atomic mass is 28.4. The molecule has 0 amide bonds. The molecule has 12 heavy (non-hydrogen) atoms. The third-order valence-electron chi connectivity index (χ3n) is 1.20. The maximum atomic E-state index is 10.8. The molecule has 0 aromatic rings. The van der Waals surface area contributed by atoms with Crippen LogP contribution in [0, 0.1) is 0 Å². The second-order valence-electron chi connectivity index (χ2n) is 3.55. The van der Waals surface area contributed by atoms with E-state index in [4.69, 9.17) is 10.2 Å². The van der Waals surface area contributed by atoms with E-state index in [1.54, 1.807) is 0 Å². The zero-order valence-corrected chi connectivity index (χ0v) is 9.09. The van der Waals surface area contributed by atoms with Crippen molar-refractivity contribution in [1.29, 1.82) is 0 Å². The molecule has 2 N–H and O–H groups in total. The molecule has 0 aromatic carbocycles. The van der Waals surface area contributed by atoms with Gasteiger partial charge in [-0.25, -0.2) is 0 Å². The van der Waals surface area contributed by atoms with Crippen molar-refractivity contribution in [2.45, 2.75) is 25.7 Å². The molecule has 0 fully saturated rings. The van der Waals surface area contributed by atoms with Gasteiger partial charge in [0.1, 0.15) is 6.04 Å². The van der Waals surface area contributed by atoms with Gasteiger partial charge in [0.15, 0.2) is 8.32 Å². The van der Waals surface area contributed by atoms with E-state index in [2.05, 4.69) is 4.74 Å². The standard InChI is InChI=1S/C7H17NO3Si/c1-10-7(9)6(8)5-11-12(2,3)4/h6H,5,8H2,1-4H3. The van der Waals surface area contributed by atoms with Crippen LogP contribution in [0.4, 0.5) is 0 Å². The average molecular weight is 191 g/mol. The number of methoxy groups -OCH3 is 1. The van der Waals surface area contributed by atoms with E-state index in [0.29, 0.717) is 0 Å². The summed E-state index contributed by atoms with van der Waals surface area (Å²) in [6.07, 6.45) is 0. The number of hydrogen-bond donors (Lipinski definition) is 1. The lowest BCUT2D eigenvalue weighted by molar-refractivity contribution is -0.142. The monoisotopic (exact) mass is 191 g/mol. The minimum Gasteiger partial charge on any atom is -0.468 e. The van der Waals surface area contributed by atoms with Crippen molar-refractivity contribution in [1.82, 2.24) is 0 Å². The van der Waals surface area contributed by atoms with Crippen LogP contribution in [0.15, 0.2) is 0 Å². The fourth-order valence-electron chi connectivity index (χ4n) is 0.559. The van der Waals surface area contributed by atoms with E-state index in [1.807, 2.05) is 19.6 Å². The minimum atomic E-state index is -1.57. The summed E-state index contributed by atoms with van der Waals surface area (Å²) in [6, 6.07) is -0.651. The Morgan fingerprint density at radius 3 is 2.33 bits per heavy atom. The Bertz CT molecular complexity index is 155. The van der Waals surface area contributed by atoms with Gasteiger partial charge in [0.2, 0.25) is 0 Å². The summed E-state index contributed by atoms with van der Waals surface area (Å²) in [5, 5.41) is 0. The van der Waals surface area contributed by atoms with Crippen LogP contribution in [-0.4, -0.2) is 34.0 Å². The van der Waals surface area contributed by atoms with Gasteiger partial charge in [-0.3, -0.25) is 4.79 Å². The van der Waals surface area contributed by atoms with Gasteiger partial charge in [0.05, 0.1) is 13.7 Å². The summed E-state index contributed by atoms with van der Waals surface area (Å²) in [5.41, 5.74) is 5.46. The van der Waals surface area contributed by atoms with Gasteiger partial charge in [-0.1, -0.05) is 0 Å². The zero-order chi connectivity index (χ0) is 9.78. The Balaban J connectivity index is 3.72. The molecule has 0 radical (unpaired) electrons. The van der Waals surface area contributed by atoms with E-state index >= 15 is 0 Å². The molecule has 0 saturated carbocycles. The first kappa shape index (κ1) is 11.6. The van der Waals surface area contributed by atoms with Gasteiger partial charge in [0, 0.05) is 0 Å². The van der Waals surface area contributed by atoms with Crippen LogP contribution in [0.3, 0.4) is 0 Å². The molecule has 1 unspecified atom stereocenters. The van der Waals surface area contributed by atoms with Gasteiger partial charge in [-0.2, -0.15) is 0 Å². The Kier molecular flexibility index (Phi) is 4.44. The highest BCUT2D eigenvalue weighted by molar-refractivity contribution is 6.69. The van der Waals surface area contributed by atoms with Crippen molar-refractivity contribution in [2.75, 3.05) is 13.7 Å². The van der Waals surface area contributed by atoms with Crippen molar-refractivity contribution >= 4 is 14.3 Å². The molecule has 0 saturated heterocycles. The van der Waals surface area contributed by atoms with Crippen molar-refractivity contribution in [3.63, 3.8) is 0 Å². The molecular formula is C7H17NO3Si. The van der Waals surface area contributed by atoms with Crippen LogP contribution >= 0.6 is 0 Å². The fraction of sp³-hybridized carbons (Fsp3) is 0.857. The van der Waals surface area contributed by atoms with Crippen molar-refractivity contribution in [3.05, 3.63) is 0 Å². The predicted molar refractivity (Wildman–Crippen MR) is 49.3 cm³/mol. The molecule has 1 atom stereocenters. The first-order valence-corrected chi connectivity index (χ1v) is 7.25. The van der Waals surface area contributed by atoms with Crippen LogP contribution in [0.2, 0.25) is 19.6 Å². The molecule has 5 heteroatoms. The summed E-state index contributed by atoms with van der Waals surface area (Å²) in [7, 11) is -0.250. The number of ether oxygens (including phenoxy) is 1. The van der Waals surface area contributed by atoms with E-state index in [-0.39, 0.29) is 6.61 Å². The highest BCUT2D eigenvalue weighted by Gasteiger charge is 2.19. The molecule has 4 nitrogen and oxygen atoms in total. The van der Waals surface area contributed by atoms with E-state index in [1.165, 1.54) is 7.11 Å². The summed E-state index contributed by atoms with van der Waals surface area (Å²) in [5.74, 6) is -0.423. The summed E-state index contributed by atoms with van der Waals surface area (Å²) in [4.78, 5) is 10.8. The number of rotatable bonds is 4. The predicted octanol–water partition coefficient (Wildman–Crippen LogP) is 0.338. The van der Waals surface area contributed by atoms with Crippen LogP contribution in [0.1, 0.15) is 0 Å². The first-order valence-electron chi connectivity index (χ1n) is 3.84. The third-order valence-corrected chi connectivity index (χ3v) is 2.23. The molecule has 0 bridgehead atoms. The molecule has 0 rings (SSSR count). The largest absolute Gasteiger partial charge is 0.468 e. The van der Waals surface area contributed by atoms with Gasteiger partial charge in [0.25, 0.3) is 0 Å². The number of esters is 1. The maximum absolute atomic E-state index is 10.8. The molecule has 0 aliphatic rings. The Morgan fingerprint density at radius 1 is 1.50 bits per heavy atom. The fourth-order valence-corrected chi connectivity index (χ4v) is 1.24. The van der Waals surface area contributed by atoms with Gasteiger partial charge in [-0.05, 0) is 19.6 Å². The molecule has 0 aliphatic heterocycles. The Hall–Kier alpha value is -0.393. The summed E-state index contributed by atoms with van der Waals surface area (Å²) < 4.78 is 9.88. The lowest BCUT2D eigenvalue weighted by atomic mass is 10.3. The van der Waals surface area contributed by atoms with Crippen LogP contribution in [0.5, 0.6) is 0 Å². The van der Waals surface area contributed by atoms with E-state index in [9.17, 15) is 4.79 Å². The van der Waals surface area contributed by atoms with Crippen molar-refractivity contribution < 1.29 is 14.0 Å². The third kappa shape index (κ3) is 5.28. The smallest absolute Gasteiger partial charge is 0.324 e. The molecule has 0 aromatic heterocycles. The number of hydrogen-bond acceptors (Lipinski definition) is 4. The van der Waals surface area contributed by atoms with E-state index in [0.717, 1.165) is 0 Å². The molecular weight excluding hydrogens is 174 g/mol. The minimum absolute atomic E-state index is 0.252. The zero-order valence-electron chi connectivity index (χ0n) is 8.09. The van der Waals surface area contributed by atoms with Gasteiger partial charge < -0.3 is 14.9 Å². The maximum Gasteiger partial charge on any atom is 0.324 e. The van der Waals surface area contributed by atoms with Crippen LogP contribution in [0.25, 0.3) is 0 Å². The van der Waals surface area contributed by atoms with Crippen molar-refractivity contribution in [2.24, 2.45) is 5.73 Å². The summed E-state index contributed by atoms with van der Waals surface area (Å²) >= 11 is 0. The van der Waals surface area contributed by atoms with E-state index < -0.39 is 20.3 Å². The molecule has 0 heterocycles. The Labute approximate surface area is 74.2 Å². The average Bonchev–Trinajstić information content (AvgIpc) is 1.97. The van der Waals surface area contributed by atoms with Crippen LogP contribution in [-0.2, 0) is 14.0 Å². The SMILES string of the molecule is COC(=O)C(N)CO[Si](C)(C)C. The topological polar surface area (TPSA) is 61.5 Å². The molecule has 72 valence electrons. The van der Waals surface area contributed by atoms with Gasteiger partial charge in [-0.15, -0.1) is 0 Å². The highest BCUT2D eigenvalue weighted by Crippen LogP contribution is 2.02. The number of nitrogens with two attached hydrogens (primary N) is 1. The lowest BCUT2D eigenvalue weighted by Gasteiger charge is -2.19. The van der Waals surface area contributed by atoms with Crippen LogP contribution < -0.4 is 5.73 Å².